The summed E-state index contributed by atoms with van der Waals surface area (Å²) in [6.45, 7) is 6.25. The molecule has 1 aromatic carbocycles. The number of H-pyrrole nitrogens is 1. The lowest BCUT2D eigenvalue weighted by Crippen LogP contribution is -2.47. The van der Waals surface area contributed by atoms with Crippen LogP contribution in [0.25, 0.3) is 21.3 Å². The predicted molar refractivity (Wildman–Crippen MR) is 103 cm³/mol. The first kappa shape index (κ1) is 16.9. The molecule has 26 heavy (non-hydrogen) atoms. The molecule has 0 aliphatic carbocycles. The van der Waals surface area contributed by atoms with Crippen molar-refractivity contribution in [3.8, 4) is 11.1 Å². The molecule has 2 N–H and O–H groups in total. The largest absolute Gasteiger partial charge is 0.354 e. The second-order valence-corrected chi connectivity index (χ2v) is 7.86. The van der Waals surface area contributed by atoms with Crippen LogP contribution in [-0.4, -0.2) is 40.4 Å². The van der Waals surface area contributed by atoms with Gasteiger partial charge in [-0.05, 0) is 19.4 Å². The molecule has 1 fully saturated rings. The SMILES string of the molecule is Cc1ccc(-c2c(C)sc3nc(CN4CCNC(=O)C4)[nH]c(=O)c23)cc1. The molecule has 134 valence electrons. The van der Waals surface area contributed by atoms with Crippen molar-refractivity contribution in [3.05, 3.63) is 50.9 Å². The zero-order chi connectivity index (χ0) is 18.3. The monoisotopic (exact) mass is 368 g/mol. The molecular formula is C19H20N4O2S. The lowest BCUT2D eigenvalue weighted by molar-refractivity contribution is -0.124. The lowest BCUT2D eigenvalue weighted by Gasteiger charge is -2.25. The number of aryl methyl sites for hydroxylation is 2. The average molecular weight is 368 g/mol. The molecule has 0 spiro atoms. The molecule has 0 atom stereocenters. The van der Waals surface area contributed by atoms with Gasteiger partial charge in [-0.25, -0.2) is 4.98 Å². The Kier molecular flexibility index (Phi) is 4.34. The van der Waals surface area contributed by atoms with E-state index in [-0.39, 0.29) is 11.5 Å². The maximum atomic E-state index is 12.8. The fraction of sp³-hybridized carbons (Fsp3) is 0.316. The molecular weight excluding hydrogens is 348 g/mol. The Morgan fingerprint density at radius 2 is 1.96 bits per heavy atom. The minimum absolute atomic E-state index is 0.00769. The summed E-state index contributed by atoms with van der Waals surface area (Å²) in [5, 5.41) is 3.45. The molecule has 1 aliphatic rings. The highest BCUT2D eigenvalue weighted by Gasteiger charge is 2.20. The van der Waals surface area contributed by atoms with Gasteiger partial charge in [0.25, 0.3) is 5.56 Å². The Balaban J connectivity index is 1.74. The molecule has 7 heteroatoms. The van der Waals surface area contributed by atoms with Gasteiger partial charge in [-0.3, -0.25) is 14.5 Å². The minimum Gasteiger partial charge on any atom is -0.354 e. The van der Waals surface area contributed by atoms with Gasteiger partial charge in [0.1, 0.15) is 10.7 Å². The van der Waals surface area contributed by atoms with Crippen LogP contribution < -0.4 is 10.9 Å². The number of amides is 1. The number of hydrogen-bond acceptors (Lipinski definition) is 5. The first-order valence-electron chi connectivity index (χ1n) is 8.59. The van der Waals surface area contributed by atoms with Gasteiger partial charge in [-0.2, -0.15) is 0 Å². The molecule has 1 saturated heterocycles. The molecule has 0 unspecified atom stereocenters. The van der Waals surface area contributed by atoms with E-state index >= 15 is 0 Å². The van der Waals surface area contributed by atoms with Gasteiger partial charge in [-0.1, -0.05) is 29.8 Å². The van der Waals surface area contributed by atoms with E-state index < -0.39 is 0 Å². The number of fused-ring (bicyclic) bond motifs is 1. The quantitative estimate of drug-likeness (QED) is 0.743. The van der Waals surface area contributed by atoms with Crippen molar-refractivity contribution in [2.45, 2.75) is 20.4 Å². The molecule has 2 aromatic heterocycles. The number of hydrogen-bond donors (Lipinski definition) is 2. The zero-order valence-electron chi connectivity index (χ0n) is 14.8. The Hall–Kier alpha value is -2.51. The van der Waals surface area contributed by atoms with Gasteiger partial charge in [0.15, 0.2) is 0 Å². The second kappa shape index (κ2) is 6.66. The summed E-state index contributed by atoms with van der Waals surface area (Å²) < 4.78 is 0. The minimum atomic E-state index is -0.119. The van der Waals surface area contributed by atoms with Crippen LogP contribution in [0.5, 0.6) is 0 Å². The number of piperazine rings is 1. The Morgan fingerprint density at radius 1 is 1.19 bits per heavy atom. The first-order valence-corrected chi connectivity index (χ1v) is 9.41. The van der Waals surface area contributed by atoms with Crippen LogP contribution in [-0.2, 0) is 11.3 Å². The van der Waals surface area contributed by atoms with Gasteiger partial charge in [0.2, 0.25) is 5.91 Å². The summed E-state index contributed by atoms with van der Waals surface area (Å²) >= 11 is 1.54. The van der Waals surface area contributed by atoms with E-state index in [0.717, 1.165) is 27.4 Å². The van der Waals surface area contributed by atoms with Crippen LogP contribution in [0.3, 0.4) is 0 Å². The third kappa shape index (κ3) is 3.15. The summed E-state index contributed by atoms with van der Waals surface area (Å²) in [4.78, 5) is 35.7. The fourth-order valence-electron chi connectivity index (χ4n) is 3.34. The van der Waals surface area contributed by atoms with E-state index in [2.05, 4.69) is 27.4 Å². The van der Waals surface area contributed by atoms with E-state index in [1.165, 1.54) is 16.9 Å². The summed E-state index contributed by atoms with van der Waals surface area (Å²) in [7, 11) is 0. The van der Waals surface area contributed by atoms with Gasteiger partial charge in [0, 0.05) is 23.5 Å². The predicted octanol–water partition coefficient (Wildman–Crippen LogP) is 2.20. The van der Waals surface area contributed by atoms with Crippen molar-refractivity contribution in [3.63, 3.8) is 0 Å². The van der Waals surface area contributed by atoms with Crippen LogP contribution in [0.2, 0.25) is 0 Å². The Labute approximate surface area is 154 Å². The average Bonchev–Trinajstić information content (AvgIpc) is 2.92. The third-order valence-corrected chi connectivity index (χ3v) is 5.62. The van der Waals surface area contributed by atoms with Gasteiger partial charge >= 0.3 is 0 Å². The second-order valence-electron chi connectivity index (χ2n) is 6.65. The summed E-state index contributed by atoms with van der Waals surface area (Å²) in [6, 6.07) is 8.19. The lowest BCUT2D eigenvalue weighted by atomic mass is 10.0. The summed E-state index contributed by atoms with van der Waals surface area (Å²) in [5.41, 5.74) is 3.06. The van der Waals surface area contributed by atoms with Crippen LogP contribution in [0, 0.1) is 13.8 Å². The fourth-order valence-corrected chi connectivity index (χ4v) is 4.41. The highest BCUT2D eigenvalue weighted by Crippen LogP contribution is 2.35. The van der Waals surface area contributed by atoms with Gasteiger partial charge in [-0.15, -0.1) is 11.3 Å². The van der Waals surface area contributed by atoms with Crippen LogP contribution in [0.1, 0.15) is 16.3 Å². The van der Waals surface area contributed by atoms with Crippen LogP contribution in [0.15, 0.2) is 29.1 Å². The van der Waals surface area contributed by atoms with Crippen molar-refractivity contribution in [2.75, 3.05) is 19.6 Å². The van der Waals surface area contributed by atoms with E-state index in [1.807, 2.05) is 30.9 Å². The molecule has 6 nitrogen and oxygen atoms in total. The number of carbonyl (C=O) groups excluding carboxylic acids is 1. The smallest absolute Gasteiger partial charge is 0.260 e. The van der Waals surface area contributed by atoms with Crippen molar-refractivity contribution >= 4 is 27.5 Å². The van der Waals surface area contributed by atoms with Crippen molar-refractivity contribution < 1.29 is 4.79 Å². The number of aromatic nitrogens is 2. The number of aromatic amines is 1. The van der Waals surface area contributed by atoms with E-state index in [0.29, 0.717) is 30.8 Å². The topological polar surface area (TPSA) is 78.1 Å². The van der Waals surface area contributed by atoms with Crippen molar-refractivity contribution in [1.82, 2.24) is 20.2 Å². The van der Waals surface area contributed by atoms with Gasteiger partial charge in [0.05, 0.1) is 18.5 Å². The summed E-state index contributed by atoms with van der Waals surface area (Å²) in [6.07, 6.45) is 0. The number of nitrogens with one attached hydrogen (secondary N) is 2. The number of thiophene rings is 1. The van der Waals surface area contributed by atoms with E-state index in [1.54, 1.807) is 0 Å². The molecule has 0 radical (unpaired) electrons. The van der Waals surface area contributed by atoms with Crippen LogP contribution >= 0.6 is 11.3 Å². The number of carbonyl (C=O) groups is 1. The molecule has 4 rings (SSSR count). The molecule has 3 aromatic rings. The van der Waals surface area contributed by atoms with Crippen LogP contribution in [0.4, 0.5) is 0 Å². The van der Waals surface area contributed by atoms with E-state index in [9.17, 15) is 9.59 Å². The third-order valence-electron chi connectivity index (χ3n) is 4.62. The molecule has 1 aliphatic heterocycles. The number of benzene rings is 1. The Bertz CT molecular complexity index is 1040. The van der Waals surface area contributed by atoms with Crippen molar-refractivity contribution in [2.24, 2.45) is 0 Å². The van der Waals surface area contributed by atoms with Crippen molar-refractivity contribution in [1.29, 1.82) is 0 Å². The Morgan fingerprint density at radius 3 is 2.69 bits per heavy atom. The molecule has 0 bridgehead atoms. The van der Waals surface area contributed by atoms with Gasteiger partial charge < -0.3 is 10.3 Å². The molecule has 0 saturated carbocycles. The highest BCUT2D eigenvalue weighted by molar-refractivity contribution is 7.19. The number of rotatable bonds is 3. The molecule has 3 heterocycles. The summed E-state index contributed by atoms with van der Waals surface area (Å²) in [5.74, 6) is 0.613. The standard InChI is InChI=1S/C19H20N4O2S/c1-11-3-5-13(6-4-11)16-12(2)26-19-17(16)18(25)21-14(22-19)9-23-8-7-20-15(24)10-23/h3-6H,7-10H2,1-2H3,(H,20,24)(H,21,22,25). The number of nitrogens with zero attached hydrogens (tertiary/aromatic N) is 2. The maximum absolute atomic E-state index is 12.8. The normalized spacial score (nSPS) is 15.4. The van der Waals surface area contributed by atoms with E-state index in [4.69, 9.17) is 0 Å². The highest BCUT2D eigenvalue weighted by atomic mass is 32.1. The zero-order valence-corrected chi connectivity index (χ0v) is 15.6. The molecule has 1 amide bonds. The first-order chi connectivity index (χ1) is 12.5. The maximum Gasteiger partial charge on any atom is 0.260 e.